The summed E-state index contributed by atoms with van der Waals surface area (Å²) in [6.45, 7) is -2.52. The monoisotopic (exact) mass is 482 g/mol. The molecule has 1 unspecified atom stereocenters. The summed E-state index contributed by atoms with van der Waals surface area (Å²) in [6.07, 6.45) is 0.118. The van der Waals surface area contributed by atoms with Gasteiger partial charge in [-0.25, -0.2) is 0 Å². The van der Waals surface area contributed by atoms with Crippen LogP contribution in [0.3, 0.4) is 0 Å². The number of ether oxygens (including phenoxy) is 2. The SMILES string of the molecule is COc1ccc(CN(C)C(=O)C2CC(=O)N(c3ccccc3Br)C2)cc1OC(F)F. The van der Waals surface area contributed by atoms with Crippen molar-refractivity contribution in [2.45, 2.75) is 19.6 Å². The van der Waals surface area contributed by atoms with Crippen molar-refractivity contribution in [2.24, 2.45) is 5.92 Å². The number of carbonyl (C=O) groups excluding carboxylic acids is 2. The summed E-state index contributed by atoms with van der Waals surface area (Å²) in [5, 5.41) is 0. The molecule has 0 spiro atoms. The van der Waals surface area contributed by atoms with Gasteiger partial charge in [0.05, 0.1) is 18.7 Å². The Balaban J connectivity index is 1.69. The quantitative estimate of drug-likeness (QED) is 0.596. The van der Waals surface area contributed by atoms with Gasteiger partial charge in [-0.2, -0.15) is 8.78 Å². The number of hydrogen-bond acceptors (Lipinski definition) is 4. The van der Waals surface area contributed by atoms with E-state index in [1.165, 1.54) is 24.1 Å². The van der Waals surface area contributed by atoms with Gasteiger partial charge in [0, 0.05) is 31.0 Å². The lowest BCUT2D eigenvalue weighted by molar-refractivity contribution is -0.135. The van der Waals surface area contributed by atoms with E-state index in [0.717, 1.165) is 10.2 Å². The molecule has 0 saturated carbocycles. The predicted molar refractivity (Wildman–Crippen MR) is 111 cm³/mol. The van der Waals surface area contributed by atoms with Crippen LogP contribution in [0.1, 0.15) is 12.0 Å². The maximum atomic E-state index is 12.9. The van der Waals surface area contributed by atoms with Crippen LogP contribution in [-0.4, -0.2) is 44.0 Å². The van der Waals surface area contributed by atoms with Gasteiger partial charge in [-0.05, 0) is 45.8 Å². The molecule has 1 fully saturated rings. The van der Waals surface area contributed by atoms with Crippen LogP contribution in [0.4, 0.5) is 14.5 Å². The Morgan fingerprint density at radius 3 is 2.67 bits per heavy atom. The molecule has 6 nitrogen and oxygen atoms in total. The number of benzene rings is 2. The summed E-state index contributed by atoms with van der Waals surface area (Å²) in [7, 11) is 2.97. The summed E-state index contributed by atoms with van der Waals surface area (Å²) in [6, 6.07) is 11.9. The zero-order chi connectivity index (χ0) is 21.8. The highest BCUT2D eigenvalue weighted by Crippen LogP contribution is 2.33. The number of alkyl halides is 2. The van der Waals surface area contributed by atoms with Crippen molar-refractivity contribution in [1.29, 1.82) is 0 Å². The highest BCUT2D eigenvalue weighted by Gasteiger charge is 2.37. The molecule has 2 aromatic carbocycles. The third-order valence-corrected chi connectivity index (χ3v) is 5.53. The number of carbonyl (C=O) groups is 2. The van der Waals surface area contributed by atoms with Gasteiger partial charge in [0.2, 0.25) is 11.8 Å². The van der Waals surface area contributed by atoms with Gasteiger partial charge in [0.15, 0.2) is 11.5 Å². The first-order valence-corrected chi connectivity index (χ1v) is 10.0. The number of methoxy groups -OCH3 is 1. The second-order valence-corrected chi connectivity index (χ2v) is 7.77. The van der Waals surface area contributed by atoms with Crippen LogP contribution in [0, 0.1) is 5.92 Å². The Hall–Kier alpha value is -2.68. The van der Waals surface area contributed by atoms with Crippen LogP contribution >= 0.6 is 15.9 Å². The van der Waals surface area contributed by atoms with Crippen LogP contribution in [-0.2, 0) is 16.1 Å². The number of rotatable bonds is 7. The van der Waals surface area contributed by atoms with Crippen molar-refractivity contribution in [2.75, 3.05) is 25.6 Å². The lowest BCUT2D eigenvalue weighted by Crippen LogP contribution is -2.34. The van der Waals surface area contributed by atoms with Crippen molar-refractivity contribution in [1.82, 2.24) is 4.90 Å². The molecule has 0 N–H and O–H groups in total. The van der Waals surface area contributed by atoms with Crippen molar-refractivity contribution in [3.63, 3.8) is 0 Å². The Morgan fingerprint density at radius 1 is 1.27 bits per heavy atom. The fourth-order valence-corrected chi connectivity index (χ4v) is 3.95. The number of halogens is 3. The highest BCUT2D eigenvalue weighted by molar-refractivity contribution is 9.10. The molecular formula is C21H21BrF2N2O4. The average molecular weight is 483 g/mol. The van der Waals surface area contributed by atoms with E-state index in [2.05, 4.69) is 20.7 Å². The first-order chi connectivity index (χ1) is 14.3. The fourth-order valence-electron chi connectivity index (χ4n) is 3.45. The van der Waals surface area contributed by atoms with Crippen LogP contribution in [0.25, 0.3) is 0 Å². The highest BCUT2D eigenvalue weighted by atomic mass is 79.9. The number of para-hydroxylation sites is 1. The second kappa shape index (κ2) is 9.42. The lowest BCUT2D eigenvalue weighted by atomic mass is 10.1. The standard InChI is InChI=1S/C21H21BrF2N2O4/c1-25(11-13-7-8-17(29-2)18(9-13)30-21(23)24)20(28)14-10-19(27)26(12-14)16-6-4-3-5-15(16)22/h3-9,14,21H,10-12H2,1-2H3. The summed E-state index contributed by atoms with van der Waals surface area (Å²) in [4.78, 5) is 28.5. The molecule has 9 heteroatoms. The average Bonchev–Trinajstić information content (AvgIpc) is 3.09. The molecule has 0 aromatic heterocycles. The van der Waals surface area contributed by atoms with E-state index in [4.69, 9.17) is 4.74 Å². The minimum Gasteiger partial charge on any atom is -0.493 e. The maximum absolute atomic E-state index is 12.9. The number of hydrogen-bond donors (Lipinski definition) is 0. The van der Waals surface area contributed by atoms with Gasteiger partial charge in [0.25, 0.3) is 0 Å². The molecule has 3 rings (SSSR count). The number of anilines is 1. The fraction of sp³-hybridized carbons (Fsp3) is 0.333. The van der Waals surface area contributed by atoms with E-state index in [9.17, 15) is 18.4 Å². The van der Waals surface area contributed by atoms with Gasteiger partial charge >= 0.3 is 6.61 Å². The zero-order valence-corrected chi connectivity index (χ0v) is 18.1. The summed E-state index contributed by atoms with van der Waals surface area (Å²) >= 11 is 3.43. The topological polar surface area (TPSA) is 59.1 Å². The van der Waals surface area contributed by atoms with Gasteiger partial charge in [-0.15, -0.1) is 0 Å². The molecule has 30 heavy (non-hydrogen) atoms. The predicted octanol–water partition coefficient (Wildman–Crippen LogP) is 4.07. The molecule has 0 aliphatic carbocycles. The van der Waals surface area contributed by atoms with Crippen LogP contribution in [0.2, 0.25) is 0 Å². The van der Waals surface area contributed by atoms with Crippen LogP contribution < -0.4 is 14.4 Å². The third kappa shape index (κ3) is 4.89. The minimum absolute atomic E-state index is 0.0954. The van der Waals surface area contributed by atoms with Crippen LogP contribution in [0.15, 0.2) is 46.9 Å². The first kappa shape index (κ1) is 22.0. The summed E-state index contributed by atoms with van der Waals surface area (Å²) < 4.78 is 35.5. The van der Waals surface area contributed by atoms with Crippen molar-refractivity contribution < 1.29 is 27.8 Å². The van der Waals surface area contributed by atoms with Crippen molar-refractivity contribution in [3.8, 4) is 11.5 Å². The van der Waals surface area contributed by atoms with Crippen molar-refractivity contribution >= 4 is 33.4 Å². The molecule has 2 aromatic rings. The summed E-state index contributed by atoms with van der Waals surface area (Å²) in [5.74, 6) is -0.707. The Morgan fingerprint density at radius 2 is 2.00 bits per heavy atom. The van der Waals surface area contributed by atoms with E-state index in [1.54, 1.807) is 18.0 Å². The Labute approximate surface area is 181 Å². The van der Waals surface area contributed by atoms with E-state index in [0.29, 0.717) is 5.56 Å². The molecule has 0 radical (unpaired) electrons. The van der Waals surface area contributed by atoms with Gasteiger partial charge < -0.3 is 19.3 Å². The molecule has 1 aliphatic heterocycles. The van der Waals surface area contributed by atoms with Gasteiger partial charge in [-0.1, -0.05) is 18.2 Å². The molecule has 0 bridgehead atoms. The molecule has 1 saturated heterocycles. The summed E-state index contributed by atoms with van der Waals surface area (Å²) in [5.41, 5.74) is 1.33. The first-order valence-electron chi connectivity index (χ1n) is 9.21. The molecule has 1 heterocycles. The van der Waals surface area contributed by atoms with Crippen LogP contribution in [0.5, 0.6) is 11.5 Å². The van der Waals surface area contributed by atoms with E-state index in [-0.39, 0.29) is 42.8 Å². The normalized spacial score (nSPS) is 16.1. The molecule has 1 atom stereocenters. The zero-order valence-electron chi connectivity index (χ0n) is 16.5. The van der Waals surface area contributed by atoms with E-state index < -0.39 is 12.5 Å². The second-order valence-electron chi connectivity index (χ2n) is 6.91. The maximum Gasteiger partial charge on any atom is 0.387 e. The smallest absolute Gasteiger partial charge is 0.387 e. The van der Waals surface area contributed by atoms with E-state index in [1.807, 2.05) is 24.3 Å². The molecule has 160 valence electrons. The Bertz CT molecular complexity index is 941. The van der Waals surface area contributed by atoms with Gasteiger partial charge in [-0.3, -0.25) is 9.59 Å². The van der Waals surface area contributed by atoms with E-state index >= 15 is 0 Å². The van der Waals surface area contributed by atoms with Crippen molar-refractivity contribution in [3.05, 3.63) is 52.5 Å². The van der Waals surface area contributed by atoms with Gasteiger partial charge in [0.1, 0.15) is 0 Å². The third-order valence-electron chi connectivity index (χ3n) is 4.86. The molecule has 2 amide bonds. The molecule has 1 aliphatic rings. The Kier molecular flexibility index (Phi) is 6.91. The molecular weight excluding hydrogens is 462 g/mol. The number of amides is 2. The lowest BCUT2D eigenvalue weighted by Gasteiger charge is -2.22. The largest absolute Gasteiger partial charge is 0.493 e. The number of nitrogens with zero attached hydrogens (tertiary/aromatic N) is 2. The minimum atomic E-state index is -2.98.